The molecule has 10 rings (SSSR count). The number of likely N-dealkylation sites (tertiary alicyclic amines) is 2. The molecule has 2 aromatic heterocycles. The third-order valence-corrected chi connectivity index (χ3v) is 13.8. The van der Waals surface area contributed by atoms with Gasteiger partial charge in [0, 0.05) is 35.7 Å². The molecule has 318 valence electrons. The molecule has 3 aliphatic carbocycles. The molecule has 4 heterocycles. The predicted octanol–water partition coefficient (Wildman–Crippen LogP) is 9.81. The third kappa shape index (κ3) is 6.69. The number of imidazole rings is 2. The van der Waals surface area contributed by atoms with Gasteiger partial charge in [-0.25, -0.2) is 14.8 Å². The first-order valence-corrected chi connectivity index (χ1v) is 21.9. The number of halogens is 2. The minimum Gasteiger partial charge on any atom is -0.444 e. The van der Waals surface area contributed by atoms with E-state index in [1.165, 1.54) is 0 Å². The molecule has 0 unspecified atom stereocenters. The molecule has 2 aliphatic heterocycles. The zero-order valence-electron chi connectivity index (χ0n) is 35.6. The molecule has 61 heavy (non-hydrogen) atoms. The van der Waals surface area contributed by atoms with Crippen LogP contribution in [0.15, 0.2) is 60.8 Å². The van der Waals surface area contributed by atoms with Crippen LogP contribution in [0.2, 0.25) is 0 Å². The summed E-state index contributed by atoms with van der Waals surface area (Å²) in [5.74, 6) is -1.99. The first kappa shape index (κ1) is 39.5. The summed E-state index contributed by atoms with van der Waals surface area (Å²) >= 11 is 0. The molecule has 3 amide bonds. The van der Waals surface area contributed by atoms with E-state index in [9.17, 15) is 14.4 Å². The van der Waals surface area contributed by atoms with Crippen molar-refractivity contribution in [2.75, 3.05) is 6.54 Å². The molecule has 13 heteroatoms. The maximum Gasteiger partial charge on any atom is 0.411 e. The summed E-state index contributed by atoms with van der Waals surface area (Å²) in [4.78, 5) is 60.0. The van der Waals surface area contributed by atoms with Crippen LogP contribution in [0.1, 0.15) is 121 Å². The van der Waals surface area contributed by atoms with Gasteiger partial charge in [-0.3, -0.25) is 14.5 Å². The zero-order valence-corrected chi connectivity index (χ0v) is 35.6. The Morgan fingerprint density at radius 3 is 2.31 bits per heavy atom. The van der Waals surface area contributed by atoms with Crippen molar-refractivity contribution in [1.29, 1.82) is 0 Å². The third-order valence-electron chi connectivity index (χ3n) is 13.8. The number of carbonyl (C=O) groups is 3. The number of alkyl halides is 2. The topological polar surface area (TPSA) is 136 Å². The summed E-state index contributed by atoms with van der Waals surface area (Å²) in [7, 11) is 0. The number of piperidine rings is 1. The number of fused-ring (bicyclic) bond motifs is 6. The molecular formula is C48H53F2N7O4. The van der Waals surface area contributed by atoms with Crippen LogP contribution in [0.3, 0.4) is 0 Å². The van der Waals surface area contributed by atoms with Crippen LogP contribution in [0, 0.1) is 17.3 Å². The minimum absolute atomic E-state index is 0.0486. The molecule has 11 nitrogen and oxygen atoms in total. The number of aromatic amines is 2. The standard InChI is InChI=1S/C48H53F2N7O4/c1-7-39(58)55-40(25(2)3)44(59)56-24-47(16-17-47)22-38(56)42-51-23-37(54-42)28-10-14-32-31-13-9-26(19-33(31)48(49,50)34(32)20-28)27-11-15-35-36(21-27)53-43(52-35)41-29-8-12-30(18-29)57(41)45(60)61-46(4,5)6/h9-11,13-15,19-21,23,25,29-30,38,40-41H,7-8,12,16-18,22,24H2,1-6H3,(H,51,54)(H,52,53)(H,55,58)/t29-,30-,38+,40-,41+/m1/s1. The molecule has 4 fully saturated rings. The fraction of sp³-hybridized carbons (Fsp3) is 0.479. The Bertz CT molecular complexity index is 2600. The van der Waals surface area contributed by atoms with E-state index >= 15 is 8.78 Å². The Hall–Kier alpha value is -5.59. The molecule has 5 aliphatic rings. The molecule has 2 saturated heterocycles. The smallest absolute Gasteiger partial charge is 0.411 e. The number of nitrogens with one attached hydrogen (secondary N) is 3. The van der Waals surface area contributed by atoms with Crippen molar-refractivity contribution in [1.82, 2.24) is 35.1 Å². The maximum atomic E-state index is 16.6. The lowest BCUT2D eigenvalue weighted by Crippen LogP contribution is -2.51. The largest absolute Gasteiger partial charge is 0.444 e. The first-order valence-electron chi connectivity index (χ1n) is 21.9. The monoisotopic (exact) mass is 829 g/mol. The van der Waals surface area contributed by atoms with Gasteiger partial charge in [-0.05, 0) is 123 Å². The molecule has 0 radical (unpaired) electrons. The summed E-state index contributed by atoms with van der Waals surface area (Å²) in [5, 5.41) is 2.93. The number of carbonyl (C=O) groups excluding carboxylic acids is 3. The first-order chi connectivity index (χ1) is 29.0. The van der Waals surface area contributed by atoms with Gasteiger partial charge in [0.1, 0.15) is 23.3 Å². The molecule has 5 aromatic rings. The van der Waals surface area contributed by atoms with Gasteiger partial charge in [-0.15, -0.1) is 0 Å². The van der Waals surface area contributed by atoms with E-state index in [0.717, 1.165) is 60.9 Å². The second kappa shape index (κ2) is 14.0. The highest BCUT2D eigenvalue weighted by Crippen LogP contribution is 2.59. The highest BCUT2D eigenvalue weighted by Gasteiger charge is 2.55. The van der Waals surface area contributed by atoms with E-state index in [-0.39, 0.29) is 58.5 Å². The van der Waals surface area contributed by atoms with Crippen LogP contribution in [-0.2, 0) is 20.2 Å². The number of H-pyrrole nitrogens is 2. The van der Waals surface area contributed by atoms with E-state index in [0.29, 0.717) is 52.7 Å². The molecule has 1 spiro atoms. The number of hydrogen-bond acceptors (Lipinski definition) is 6. The molecule has 2 bridgehead atoms. The second-order valence-electron chi connectivity index (χ2n) is 19.5. The van der Waals surface area contributed by atoms with Crippen molar-refractivity contribution in [3.8, 4) is 33.5 Å². The Morgan fingerprint density at radius 2 is 1.62 bits per heavy atom. The van der Waals surface area contributed by atoms with Crippen LogP contribution in [0.25, 0.3) is 44.5 Å². The normalized spacial score (nSPS) is 23.5. The van der Waals surface area contributed by atoms with Crippen LogP contribution in [0.4, 0.5) is 13.6 Å². The Kier molecular flexibility index (Phi) is 9.05. The van der Waals surface area contributed by atoms with Crippen molar-refractivity contribution in [2.24, 2.45) is 17.3 Å². The number of benzene rings is 3. The molecule has 5 atom stereocenters. The van der Waals surface area contributed by atoms with Crippen molar-refractivity contribution in [3.05, 3.63) is 83.6 Å². The van der Waals surface area contributed by atoms with Crippen LogP contribution < -0.4 is 5.32 Å². The fourth-order valence-electron chi connectivity index (χ4n) is 10.5. The minimum atomic E-state index is -3.25. The lowest BCUT2D eigenvalue weighted by atomic mass is 9.98. The number of aromatic nitrogens is 4. The number of ether oxygens (including phenoxy) is 1. The second-order valence-corrected chi connectivity index (χ2v) is 19.5. The van der Waals surface area contributed by atoms with Gasteiger partial charge >= 0.3 is 6.09 Å². The highest BCUT2D eigenvalue weighted by atomic mass is 19.3. The molecule has 3 aromatic carbocycles. The highest BCUT2D eigenvalue weighted by molar-refractivity contribution is 5.89. The Morgan fingerprint density at radius 1 is 0.934 bits per heavy atom. The summed E-state index contributed by atoms with van der Waals surface area (Å²) < 4.78 is 39.0. The Labute approximate surface area is 354 Å². The van der Waals surface area contributed by atoms with E-state index in [1.807, 2.05) is 74.8 Å². The van der Waals surface area contributed by atoms with Gasteiger partial charge in [-0.1, -0.05) is 51.1 Å². The Balaban J connectivity index is 0.901. The molecule has 2 saturated carbocycles. The van der Waals surface area contributed by atoms with Crippen LogP contribution >= 0.6 is 0 Å². The average molecular weight is 830 g/mol. The lowest BCUT2D eigenvalue weighted by molar-refractivity contribution is -0.138. The van der Waals surface area contributed by atoms with Gasteiger partial charge in [0.15, 0.2) is 0 Å². The maximum absolute atomic E-state index is 16.6. The van der Waals surface area contributed by atoms with Gasteiger partial charge in [-0.2, -0.15) is 8.78 Å². The van der Waals surface area contributed by atoms with E-state index < -0.39 is 17.6 Å². The van der Waals surface area contributed by atoms with Crippen molar-refractivity contribution >= 4 is 28.9 Å². The van der Waals surface area contributed by atoms with Gasteiger partial charge in [0.25, 0.3) is 5.92 Å². The lowest BCUT2D eigenvalue weighted by Gasteiger charge is -2.35. The number of hydrogen-bond donors (Lipinski definition) is 3. The van der Waals surface area contributed by atoms with Gasteiger partial charge in [0.2, 0.25) is 11.8 Å². The van der Waals surface area contributed by atoms with Crippen molar-refractivity contribution in [3.63, 3.8) is 0 Å². The van der Waals surface area contributed by atoms with E-state index in [4.69, 9.17) is 14.7 Å². The summed E-state index contributed by atoms with van der Waals surface area (Å²) in [5.41, 5.74) is 4.46. The van der Waals surface area contributed by atoms with Crippen molar-refractivity contribution < 1.29 is 27.9 Å². The molecule has 3 N–H and O–H groups in total. The van der Waals surface area contributed by atoms with Gasteiger partial charge in [0.05, 0.1) is 35.0 Å². The quantitative estimate of drug-likeness (QED) is 0.143. The van der Waals surface area contributed by atoms with Crippen molar-refractivity contribution in [2.45, 2.75) is 122 Å². The van der Waals surface area contributed by atoms with E-state index in [1.54, 1.807) is 37.4 Å². The van der Waals surface area contributed by atoms with Gasteiger partial charge < -0.3 is 24.9 Å². The summed E-state index contributed by atoms with van der Waals surface area (Å²) in [6.45, 7) is 11.9. The zero-order chi connectivity index (χ0) is 42.7. The predicted molar refractivity (Wildman–Crippen MR) is 227 cm³/mol. The summed E-state index contributed by atoms with van der Waals surface area (Å²) in [6.07, 6.45) is 7.37. The van der Waals surface area contributed by atoms with Crippen LogP contribution in [0.5, 0.6) is 0 Å². The number of amides is 3. The van der Waals surface area contributed by atoms with Crippen LogP contribution in [-0.4, -0.2) is 71.9 Å². The SMILES string of the molecule is CCC(=O)N[C@@H](C(=O)N1CC2(CC2)C[C@H]1c1ncc(-c2ccc3c(c2)C(F)(F)c2cc(-c4ccc5nc([C@@H]6[C@@H]7CC[C@H](C7)N6C(=O)OC(C)(C)C)[nH]c5c4)ccc2-3)[nH]1)C(C)C. The average Bonchev–Trinajstić information content (AvgIpc) is 3.87. The summed E-state index contributed by atoms with van der Waals surface area (Å²) in [6, 6.07) is 15.1. The molecular weight excluding hydrogens is 777 g/mol. The van der Waals surface area contributed by atoms with E-state index in [2.05, 4.69) is 15.3 Å². The number of rotatable bonds is 8. The number of nitrogens with zero attached hydrogens (tertiary/aromatic N) is 4. The fourth-order valence-corrected chi connectivity index (χ4v) is 10.5.